The van der Waals surface area contributed by atoms with Gasteiger partial charge in [-0.25, -0.2) is 0 Å². The average Bonchev–Trinajstić information content (AvgIpc) is 2.75. The van der Waals surface area contributed by atoms with Gasteiger partial charge in [0.2, 0.25) is 5.91 Å². The van der Waals surface area contributed by atoms with Crippen molar-refractivity contribution in [1.29, 1.82) is 0 Å². The third kappa shape index (κ3) is 3.22. The lowest BCUT2D eigenvalue weighted by Gasteiger charge is -2.02. The first-order valence-electron chi connectivity index (χ1n) is 4.65. The summed E-state index contributed by atoms with van der Waals surface area (Å²) in [6.07, 6.45) is 1.95. The molecule has 0 saturated heterocycles. The van der Waals surface area contributed by atoms with Gasteiger partial charge in [-0.3, -0.25) is 4.79 Å². The SMILES string of the molecule is CNC(=O)CCNCC1CC1C. The van der Waals surface area contributed by atoms with E-state index < -0.39 is 0 Å². The molecule has 12 heavy (non-hydrogen) atoms. The Bertz CT molecular complexity index is 159. The van der Waals surface area contributed by atoms with E-state index in [4.69, 9.17) is 0 Å². The summed E-state index contributed by atoms with van der Waals surface area (Å²) in [4.78, 5) is 10.8. The van der Waals surface area contributed by atoms with Gasteiger partial charge in [0, 0.05) is 20.0 Å². The zero-order valence-electron chi connectivity index (χ0n) is 7.89. The zero-order chi connectivity index (χ0) is 8.97. The van der Waals surface area contributed by atoms with Gasteiger partial charge in [-0.1, -0.05) is 6.92 Å². The van der Waals surface area contributed by atoms with E-state index in [1.807, 2.05) is 0 Å². The molecule has 1 saturated carbocycles. The van der Waals surface area contributed by atoms with Gasteiger partial charge in [-0.2, -0.15) is 0 Å². The molecule has 0 bridgehead atoms. The van der Waals surface area contributed by atoms with E-state index in [1.165, 1.54) is 6.42 Å². The number of amides is 1. The zero-order valence-corrected chi connectivity index (χ0v) is 7.89. The highest BCUT2D eigenvalue weighted by Crippen LogP contribution is 2.36. The van der Waals surface area contributed by atoms with Gasteiger partial charge < -0.3 is 10.6 Å². The number of carbonyl (C=O) groups is 1. The number of nitrogens with one attached hydrogen (secondary N) is 2. The summed E-state index contributed by atoms with van der Waals surface area (Å²) < 4.78 is 0. The van der Waals surface area contributed by atoms with Crippen molar-refractivity contribution in [3.8, 4) is 0 Å². The molecule has 2 atom stereocenters. The molecule has 0 aromatic rings. The lowest BCUT2D eigenvalue weighted by molar-refractivity contribution is -0.120. The summed E-state index contributed by atoms with van der Waals surface area (Å²) in [5, 5.41) is 5.88. The first-order chi connectivity index (χ1) is 5.74. The second-order valence-corrected chi connectivity index (χ2v) is 3.60. The number of carbonyl (C=O) groups excluding carboxylic acids is 1. The van der Waals surface area contributed by atoms with E-state index in [-0.39, 0.29) is 5.91 Å². The van der Waals surface area contributed by atoms with Crippen LogP contribution in [0.5, 0.6) is 0 Å². The van der Waals surface area contributed by atoms with E-state index in [0.717, 1.165) is 24.9 Å². The largest absolute Gasteiger partial charge is 0.359 e. The Morgan fingerprint density at radius 1 is 1.58 bits per heavy atom. The number of rotatable bonds is 5. The lowest BCUT2D eigenvalue weighted by atomic mass is 10.3. The number of hydrogen-bond acceptors (Lipinski definition) is 2. The molecule has 0 spiro atoms. The van der Waals surface area contributed by atoms with Crippen molar-refractivity contribution < 1.29 is 4.79 Å². The highest BCUT2D eigenvalue weighted by molar-refractivity contribution is 5.75. The first-order valence-corrected chi connectivity index (χ1v) is 4.65. The van der Waals surface area contributed by atoms with Crippen LogP contribution in [-0.2, 0) is 4.79 Å². The molecule has 3 heteroatoms. The minimum absolute atomic E-state index is 0.117. The van der Waals surface area contributed by atoms with Gasteiger partial charge in [0.15, 0.2) is 0 Å². The van der Waals surface area contributed by atoms with Crippen molar-refractivity contribution >= 4 is 5.91 Å². The smallest absolute Gasteiger partial charge is 0.221 e. The van der Waals surface area contributed by atoms with E-state index >= 15 is 0 Å². The average molecular weight is 170 g/mol. The van der Waals surface area contributed by atoms with Crippen molar-refractivity contribution in [3.63, 3.8) is 0 Å². The second kappa shape index (κ2) is 4.45. The Labute approximate surface area is 73.9 Å². The predicted molar refractivity (Wildman–Crippen MR) is 48.8 cm³/mol. The summed E-state index contributed by atoms with van der Waals surface area (Å²) in [6.45, 7) is 4.16. The van der Waals surface area contributed by atoms with Crippen LogP contribution in [0.4, 0.5) is 0 Å². The molecule has 0 aliphatic heterocycles. The fourth-order valence-corrected chi connectivity index (χ4v) is 1.30. The number of hydrogen-bond donors (Lipinski definition) is 2. The highest BCUT2D eigenvalue weighted by Gasteiger charge is 2.31. The summed E-state index contributed by atoms with van der Waals surface area (Å²) in [7, 11) is 1.67. The van der Waals surface area contributed by atoms with Crippen molar-refractivity contribution in [2.75, 3.05) is 20.1 Å². The second-order valence-electron chi connectivity index (χ2n) is 3.60. The molecule has 1 fully saturated rings. The maximum absolute atomic E-state index is 10.8. The van der Waals surface area contributed by atoms with Crippen LogP contribution in [0, 0.1) is 11.8 Å². The Hall–Kier alpha value is -0.570. The van der Waals surface area contributed by atoms with Gasteiger partial charge in [0.05, 0.1) is 0 Å². The van der Waals surface area contributed by atoms with Crippen LogP contribution in [0.25, 0.3) is 0 Å². The summed E-state index contributed by atoms with van der Waals surface area (Å²) in [5.74, 6) is 1.89. The standard InChI is InChI=1S/C9H18N2O/c1-7-5-8(7)6-11-4-3-9(12)10-2/h7-8,11H,3-6H2,1-2H3,(H,10,12). The molecule has 1 amide bonds. The molecule has 0 aromatic carbocycles. The van der Waals surface area contributed by atoms with Gasteiger partial charge in [0.1, 0.15) is 0 Å². The van der Waals surface area contributed by atoms with Gasteiger partial charge in [0.25, 0.3) is 0 Å². The van der Waals surface area contributed by atoms with Crippen molar-refractivity contribution in [2.45, 2.75) is 19.8 Å². The fraction of sp³-hybridized carbons (Fsp3) is 0.889. The topological polar surface area (TPSA) is 41.1 Å². The van der Waals surface area contributed by atoms with Crippen LogP contribution >= 0.6 is 0 Å². The molecule has 0 heterocycles. The molecule has 3 nitrogen and oxygen atoms in total. The molecule has 2 N–H and O–H groups in total. The molecular formula is C9H18N2O. The molecule has 0 aromatic heterocycles. The first kappa shape index (κ1) is 9.52. The maximum Gasteiger partial charge on any atom is 0.221 e. The van der Waals surface area contributed by atoms with Crippen LogP contribution in [0.3, 0.4) is 0 Å². The predicted octanol–water partition coefficient (Wildman–Crippen LogP) is 0.368. The Balaban J connectivity index is 1.86. The Morgan fingerprint density at radius 2 is 2.25 bits per heavy atom. The summed E-state index contributed by atoms with van der Waals surface area (Å²) in [6, 6.07) is 0. The van der Waals surface area contributed by atoms with E-state index in [1.54, 1.807) is 7.05 Å². The summed E-state index contributed by atoms with van der Waals surface area (Å²) >= 11 is 0. The van der Waals surface area contributed by atoms with Crippen LogP contribution in [-0.4, -0.2) is 26.0 Å². The molecule has 1 rings (SSSR count). The van der Waals surface area contributed by atoms with Crippen LogP contribution in [0.15, 0.2) is 0 Å². The molecule has 70 valence electrons. The lowest BCUT2D eigenvalue weighted by Crippen LogP contribution is -2.26. The monoisotopic (exact) mass is 170 g/mol. The molecule has 1 aliphatic rings. The van der Waals surface area contributed by atoms with E-state index in [0.29, 0.717) is 6.42 Å². The minimum atomic E-state index is 0.117. The van der Waals surface area contributed by atoms with Crippen molar-refractivity contribution in [1.82, 2.24) is 10.6 Å². The fourth-order valence-electron chi connectivity index (χ4n) is 1.30. The normalized spacial score (nSPS) is 26.8. The molecular weight excluding hydrogens is 152 g/mol. The third-order valence-corrected chi connectivity index (χ3v) is 2.49. The van der Waals surface area contributed by atoms with Crippen molar-refractivity contribution in [3.05, 3.63) is 0 Å². The summed E-state index contributed by atoms with van der Waals surface area (Å²) in [5.41, 5.74) is 0. The van der Waals surface area contributed by atoms with E-state index in [2.05, 4.69) is 17.6 Å². The molecule has 0 radical (unpaired) electrons. The van der Waals surface area contributed by atoms with Gasteiger partial charge >= 0.3 is 0 Å². The molecule has 2 unspecified atom stereocenters. The van der Waals surface area contributed by atoms with Crippen LogP contribution in [0.2, 0.25) is 0 Å². The van der Waals surface area contributed by atoms with Gasteiger partial charge in [-0.15, -0.1) is 0 Å². The Morgan fingerprint density at radius 3 is 2.75 bits per heavy atom. The highest BCUT2D eigenvalue weighted by atomic mass is 16.1. The third-order valence-electron chi connectivity index (χ3n) is 2.49. The quantitative estimate of drug-likeness (QED) is 0.585. The molecule has 1 aliphatic carbocycles. The maximum atomic E-state index is 10.8. The Kier molecular flexibility index (Phi) is 3.53. The van der Waals surface area contributed by atoms with Crippen LogP contribution in [0.1, 0.15) is 19.8 Å². The minimum Gasteiger partial charge on any atom is -0.359 e. The van der Waals surface area contributed by atoms with Crippen molar-refractivity contribution in [2.24, 2.45) is 11.8 Å². The van der Waals surface area contributed by atoms with E-state index in [9.17, 15) is 4.79 Å². The van der Waals surface area contributed by atoms with Crippen LogP contribution < -0.4 is 10.6 Å². The van der Waals surface area contributed by atoms with Gasteiger partial charge in [-0.05, 0) is 24.8 Å².